The summed E-state index contributed by atoms with van der Waals surface area (Å²) in [5.41, 5.74) is 0.0890. The third-order valence-electron chi connectivity index (χ3n) is 5.45. The summed E-state index contributed by atoms with van der Waals surface area (Å²) in [6, 6.07) is 9.57. The molecule has 2 atom stereocenters. The van der Waals surface area contributed by atoms with Crippen molar-refractivity contribution in [1.82, 2.24) is 9.80 Å². The van der Waals surface area contributed by atoms with E-state index >= 15 is 0 Å². The molecule has 2 aliphatic heterocycles. The minimum Gasteiger partial charge on any atom is -0.485 e. The molecule has 8 heteroatoms. The lowest BCUT2D eigenvalue weighted by Gasteiger charge is -2.48. The van der Waals surface area contributed by atoms with Gasteiger partial charge in [-0.2, -0.15) is 5.26 Å². The highest BCUT2D eigenvalue weighted by molar-refractivity contribution is 5.95. The van der Waals surface area contributed by atoms with E-state index in [9.17, 15) is 20.0 Å². The van der Waals surface area contributed by atoms with Gasteiger partial charge in [0.05, 0.1) is 23.9 Å². The Morgan fingerprint density at radius 2 is 2.10 bits per heavy atom. The average Bonchev–Trinajstić information content (AvgIpc) is 3.23. The summed E-state index contributed by atoms with van der Waals surface area (Å²) in [5.74, 6) is 0.0860. The Kier molecular flexibility index (Phi) is 4.55. The Hall–Kier alpha value is -3.31. The first-order chi connectivity index (χ1) is 13.8. The van der Waals surface area contributed by atoms with Crippen LogP contribution < -0.4 is 4.74 Å². The van der Waals surface area contributed by atoms with Crippen molar-refractivity contribution in [2.75, 3.05) is 19.6 Å². The average molecular weight is 395 g/mol. The van der Waals surface area contributed by atoms with Crippen molar-refractivity contribution in [3.8, 4) is 11.8 Å². The molecule has 8 nitrogen and oxygen atoms in total. The first kappa shape index (κ1) is 19.0. The van der Waals surface area contributed by atoms with Crippen LogP contribution in [0.25, 0.3) is 0 Å². The Morgan fingerprint density at radius 3 is 2.76 bits per heavy atom. The zero-order valence-corrected chi connectivity index (χ0v) is 16.2. The number of aliphatic hydroxyl groups excluding tert-OH is 1. The van der Waals surface area contributed by atoms with Crippen LogP contribution in [0.3, 0.4) is 0 Å². The first-order valence-electron chi connectivity index (χ1n) is 9.35. The topological polar surface area (TPSA) is 107 Å². The predicted octanol–water partition coefficient (Wildman–Crippen LogP) is 1.71. The molecule has 2 amide bonds. The molecule has 150 valence electrons. The molecule has 2 aliphatic rings. The number of nitrogens with zero attached hydrogens (tertiary/aromatic N) is 3. The van der Waals surface area contributed by atoms with Gasteiger partial charge < -0.3 is 24.1 Å². The highest BCUT2D eigenvalue weighted by Gasteiger charge is 2.48. The van der Waals surface area contributed by atoms with Crippen LogP contribution in [-0.2, 0) is 4.79 Å². The number of ether oxygens (including phenoxy) is 1. The van der Waals surface area contributed by atoms with E-state index in [1.165, 1.54) is 11.2 Å². The Bertz CT molecular complexity index is 992. The lowest BCUT2D eigenvalue weighted by atomic mass is 9.84. The fourth-order valence-electron chi connectivity index (χ4n) is 3.88. The van der Waals surface area contributed by atoms with Gasteiger partial charge in [0.2, 0.25) is 5.91 Å². The van der Waals surface area contributed by atoms with Crippen LogP contribution in [0.4, 0.5) is 0 Å². The molecule has 0 radical (unpaired) electrons. The molecule has 1 N–H and O–H groups in total. The number of carbonyl (C=O) groups excluding carboxylic acids is 2. The van der Waals surface area contributed by atoms with Gasteiger partial charge in [-0.05, 0) is 44.2 Å². The molecule has 29 heavy (non-hydrogen) atoms. The van der Waals surface area contributed by atoms with Gasteiger partial charge in [-0.15, -0.1) is 0 Å². The summed E-state index contributed by atoms with van der Waals surface area (Å²) in [6.07, 6.45) is 0.412. The van der Waals surface area contributed by atoms with Crippen molar-refractivity contribution in [2.45, 2.75) is 31.6 Å². The highest BCUT2D eigenvalue weighted by Crippen LogP contribution is 2.43. The predicted molar refractivity (Wildman–Crippen MR) is 101 cm³/mol. The lowest BCUT2D eigenvalue weighted by Crippen LogP contribution is -2.59. The second-order valence-electron chi connectivity index (χ2n) is 7.75. The summed E-state index contributed by atoms with van der Waals surface area (Å²) in [7, 11) is 0. The van der Waals surface area contributed by atoms with E-state index < -0.39 is 17.7 Å². The van der Waals surface area contributed by atoms with Crippen LogP contribution in [0.5, 0.6) is 5.75 Å². The van der Waals surface area contributed by atoms with Crippen molar-refractivity contribution in [3.05, 3.63) is 53.5 Å². The molecule has 0 aliphatic carbocycles. The largest absolute Gasteiger partial charge is 0.485 e. The molecular weight excluding hydrogens is 374 g/mol. The van der Waals surface area contributed by atoms with Gasteiger partial charge in [-0.1, -0.05) is 0 Å². The van der Waals surface area contributed by atoms with Gasteiger partial charge in [-0.25, -0.2) is 0 Å². The van der Waals surface area contributed by atoms with Gasteiger partial charge in [0.15, 0.2) is 5.76 Å². The van der Waals surface area contributed by atoms with Crippen LogP contribution >= 0.6 is 0 Å². The Morgan fingerprint density at radius 1 is 1.31 bits per heavy atom. The van der Waals surface area contributed by atoms with Crippen LogP contribution in [0.2, 0.25) is 0 Å². The summed E-state index contributed by atoms with van der Waals surface area (Å²) in [4.78, 5) is 28.5. The monoisotopic (exact) mass is 395 g/mol. The third kappa shape index (κ3) is 3.23. The van der Waals surface area contributed by atoms with E-state index in [1.54, 1.807) is 49.1 Å². The molecule has 1 fully saturated rings. The van der Waals surface area contributed by atoms with E-state index in [-0.39, 0.29) is 30.7 Å². The van der Waals surface area contributed by atoms with Gasteiger partial charge in [-0.3, -0.25) is 9.59 Å². The summed E-state index contributed by atoms with van der Waals surface area (Å²) < 4.78 is 11.1. The molecule has 0 bridgehead atoms. The minimum atomic E-state index is -1.000. The zero-order valence-electron chi connectivity index (χ0n) is 16.2. The lowest BCUT2D eigenvalue weighted by molar-refractivity contribution is -0.149. The van der Waals surface area contributed by atoms with E-state index in [0.717, 1.165) is 0 Å². The van der Waals surface area contributed by atoms with E-state index in [2.05, 4.69) is 6.07 Å². The number of benzene rings is 1. The number of fused-ring (bicyclic) bond motifs is 1. The summed E-state index contributed by atoms with van der Waals surface area (Å²) >= 11 is 0. The van der Waals surface area contributed by atoms with Crippen molar-refractivity contribution in [3.63, 3.8) is 0 Å². The molecule has 0 spiro atoms. The van der Waals surface area contributed by atoms with Crippen LogP contribution in [-0.4, -0.2) is 58.1 Å². The highest BCUT2D eigenvalue weighted by atomic mass is 16.5. The molecule has 2 aromatic rings. The number of rotatable bonds is 2. The molecule has 1 aromatic carbocycles. The van der Waals surface area contributed by atoms with Crippen molar-refractivity contribution >= 4 is 11.8 Å². The maximum Gasteiger partial charge on any atom is 0.290 e. The zero-order chi connectivity index (χ0) is 20.8. The smallest absolute Gasteiger partial charge is 0.290 e. The first-order valence-corrected chi connectivity index (χ1v) is 9.35. The number of furan rings is 1. The fourth-order valence-corrected chi connectivity index (χ4v) is 3.88. The van der Waals surface area contributed by atoms with Crippen LogP contribution in [0.1, 0.15) is 41.6 Å². The normalized spacial score (nSPS) is 23.2. The summed E-state index contributed by atoms with van der Waals surface area (Å²) in [5, 5.41) is 20.3. The van der Waals surface area contributed by atoms with Crippen molar-refractivity contribution in [2.24, 2.45) is 0 Å². The molecular formula is C21H21N3O5. The molecule has 4 rings (SSSR count). The number of nitriles is 1. The van der Waals surface area contributed by atoms with Crippen LogP contribution in [0, 0.1) is 11.3 Å². The van der Waals surface area contributed by atoms with Gasteiger partial charge >= 0.3 is 0 Å². The second kappa shape index (κ2) is 6.94. The number of hydrogen-bond donors (Lipinski definition) is 1. The number of hydrogen-bond acceptors (Lipinski definition) is 6. The van der Waals surface area contributed by atoms with Gasteiger partial charge in [0.1, 0.15) is 24.0 Å². The summed E-state index contributed by atoms with van der Waals surface area (Å²) in [6.45, 7) is 3.96. The second-order valence-corrected chi connectivity index (χ2v) is 7.75. The quantitative estimate of drug-likeness (QED) is 0.830. The number of carbonyl (C=O) groups is 2. The van der Waals surface area contributed by atoms with Gasteiger partial charge in [0.25, 0.3) is 5.91 Å². The Labute approximate surface area is 167 Å². The Balaban J connectivity index is 1.63. The SMILES string of the molecule is CC1(C)Oc2ccc(C#N)cc2[C@@H](N2CCN(C(=O)c3ccco3)CC2=O)[C@@H]1O. The third-order valence-corrected chi connectivity index (χ3v) is 5.45. The molecule has 0 saturated carbocycles. The van der Waals surface area contributed by atoms with E-state index in [4.69, 9.17) is 9.15 Å². The standard InChI is InChI=1S/C21H21N3O5/c1-21(2)19(26)18(14-10-13(11-22)5-6-15(14)29-21)24-8-7-23(12-17(24)25)20(27)16-4-3-9-28-16/h3-6,9-10,18-19,26H,7-8,12H2,1-2H3/t18-,19+/m1/s1. The van der Waals surface area contributed by atoms with Crippen molar-refractivity contribution in [1.29, 1.82) is 5.26 Å². The molecule has 1 saturated heterocycles. The van der Waals surface area contributed by atoms with Crippen LogP contribution in [0.15, 0.2) is 41.0 Å². The van der Waals surface area contributed by atoms with E-state index in [0.29, 0.717) is 23.4 Å². The van der Waals surface area contributed by atoms with E-state index in [1.807, 2.05) is 0 Å². The minimum absolute atomic E-state index is 0.114. The maximum atomic E-state index is 13.0. The number of piperazine rings is 1. The number of aliphatic hydroxyl groups is 1. The number of amides is 2. The van der Waals surface area contributed by atoms with Crippen molar-refractivity contribution < 1.29 is 23.8 Å². The molecule has 0 unspecified atom stereocenters. The molecule has 1 aromatic heterocycles. The fraction of sp³-hybridized carbons (Fsp3) is 0.381. The maximum absolute atomic E-state index is 13.0. The molecule has 3 heterocycles. The van der Waals surface area contributed by atoms with Gasteiger partial charge in [0, 0.05) is 18.7 Å².